The van der Waals surface area contributed by atoms with Crippen molar-refractivity contribution in [3.63, 3.8) is 0 Å². The standard InChI is InChI=1S/C19H20N2O5/c1-21(9-10-25-15-6-4-14(24-2)5-7-15)19(23)13-3-8-16-17(11-13)26-12-18(22)20-16/h3-8,11H,9-10,12H2,1-2H3,(H,20,22). The Hall–Kier alpha value is -3.22. The van der Waals surface area contributed by atoms with E-state index in [1.807, 2.05) is 24.3 Å². The van der Waals surface area contributed by atoms with E-state index >= 15 is 0 Å². The summed E-state index contributed by atoms with van der Waals surface area (Å²) in [5, 5.41) is 2.70. The van der Waals surface area contributed by atoms with Crippen molar-refractivity contribution in [2.24, 2.45) is 0 Å². The fourth-order valence-electron chi connectivity index (χ4n) is 2.50. The number of fused-ring (bicyclic) bond motifs is 1. The quantitative estimate of drug-likeness (QED) is 0.858. The highest BCUT2D eigenvalue weighted by atomic mass is 16.5. The molecule has 0 bridgehead atoms. The van der Waals surface area contributed by atoms with Gasteiger partial charge in [0.1, 0.15) is 23.9 Å². The molecular weight excluding hydrogens is 336 g/mol. The summed E-state index contributed by atoms with van der Waals surface area (Å²) in [5.41, 5.74) is 1.06. The highest BCUT2D eigenvalue weighted by molar-refractivity contribution is 5.98. The molecule has 0 fully saturated rings. The van der Waals surface area contributed by atoms with E-state index in [2.05, 4.69) is 5.32 Å². The summed E-state index contributed by atoms with van der Waals surface area (Å²) in [6.07, 6.45) is 0. The minimum absolute atomic E-state index is 0.0455. The number of nitrogens with zero attached hydrogens (tertiary/aromatic N) is 1. The number of rotatable bonds is 6. The molecule has 7 heteroatoms. The topological polar surface area (TPSA) is 77.1 Å². The van der Waals surface area contributed by atoms with Crippen molar-refractivity contribution in [3.8, 4) is 17.2 Å². The number of likely N-dealkylation sites (N-methyl/N-ethyl adjacent to an activating group) is 1. The molecule has 7 nitrogen and oxygen atoms in total. The van der Waals surface area contributed by atoms with Crippen LogP contribution >= 0.6 is 0 Å². The van der Waals surface area contributed by atoms with Crippen LogP contribution in [0, 0.1) is 0 Å². The minimum atomic E-state index is -0.204. The van der Waals surface area contributed by atoms with Crippen LogP contribution in [0.5, 0.6) is 17.2 Å². The van der Waals surface area contributed by atoms with Gasteiger partial charge in [-0.3, -0.25) is 9.59 Å². The highest BCUT2D eigenvalue weighted by Crippen LogP contribution is 2.28. The fourth-order valence-corrected chi connectivity index (χ4v) is 2.50. The molecule has 0 aromatic heterocycles. The summed E-state index contributed by atoms with van der Waals surface area (Å²) in [6, 6.07) is 12.2. The van der Waals surface area contributed by atoms with Crippen molar-refractivity contribution >= 4 is 17.5 Å². The van der Waals surface area contributed by atoms with Gasteiger partial charge in [-0.1, -0.05) is 0 Å². The van der Waals surface area contributed by atoms with Gasteiger partial charge in [0.15, 0.2) is 6.61 Å². The molecule has 2 amide bonds. The number of amides is 2. The second-order valence-electron chi connectivity index (χ2n) is 5.80. The lowest BCUT2D eigenvalue weighted by Gasteiger charge is -2.21. The predicted molar refractivity (Wildman–Crippen MR) is 96.0 cm³/mol. The second-order valence-corrected chi connectivity index (χ2v) is 5.80. The van der Waals surface area contributed by atoms with Gasteiger partial charge in [0.05, 0.1) is 19.3 Å². The molecule has 0 spiro atoms. The van der Waals surface area contributed by atoms with Gasteiger partial charge in [0, 0.05) is 12.6 Å². The van der Waals surface area contributed by atoms with Crippen LogP contribution in [0.1, 0.15) is 10.4 Å². The van der Waals surface area contributed by atoms with Crippen molar-refractivity contribution < 1.29 is 23.8 Å². The number of hydrogen-bond donors (Lipinski definition) is 1. The summed E-state index contributed by atoms with van der Waals surface area (Å²) in [6.45, 7) is 0.752. The Labute approximate surface area is 151 Å². The van der Waals surface area contributed by atoms with E-state index in [4.69, 9.17) is 14.2 Å². The summed E-state index contributed by atoms with van der Waals surface area (Å²) < 4.78 is 16.1. The molecular formula is C19H20N2O5. The molecule has 0 atom stereocenters. The van der Waals surface area contributed by atoms with Crippen LogP contribution < -0.4 is 19.5 Å². The monoisotopic (exact) mass is 356 g/mol. The van der Waals surface area contributed by atoms with Gasteiger partial charge in [-0.2, -0.15) is 0 Å². The summed E-state index contributed by atoms with van der Waals surface area (Å²) in [5.74, 6) is 1.62. The van der Waals surface area contributed by atoms with Crippen LogP contribution in [-0.4, -0.2) is 50.6 Å². The third-order valence-electron chi connectivity index (χ3n) is 3.96. The molecule has 0 aliphatic carbocycles. The SMILES string of the molecule is COc1ccc(OCCN(C)C(=O)c2ccc3c(c2)OCC(=O)N3)cc1. The molecule has 1 aliphatic heterocycles. The Balaban J connectivity index is 1.55. The maximum absolute atomic E-state index is 12.5. The van der Waals surface area contributed by atoms with Crippen LogP contribution in [0.4, 0.5) is 5.69 Å². The first-order valence-corrected chi connectivity index (χ1v) is 8.16. The number of benzene rings is 2. The Morgan fingerprint density at radius 3 is 2.65 bits per heavy atom. The van der Waals surface area contributed by atoms with E-state index in [1.165, 1.54) is 0 Å². The lowest BCUT2D eigenvalue weighted by Crippen LogP contribution is -2.31. The number of ether oxygens (including phenoxy) is 3. The maximum Gasteiger partial charge on any atom is 0.262 e. The summed E-state index contributed by atoms with van der Waals surface area (Å²) in [4.78, 5) is 25.4. The highest BCUT2D eigenvalue weighted by Gasteiger charge is 2.19. The first-order valence-electron chi connectivity index (χ1n) is 8.16. The van der Waals surface area contributed by atoms with Gasteiger partial charge in [-0.15, -0.1) is 0 Å². The van der Waals surface area contributed by atoms with E-state index in [1.54, 1.807) is 37.3 Å². The van der Waals surface area contributed by atoms with Gasteiger partial charge in [0.2, 0.25) is 0 Å². The van der Waals surface area contributed by atoms with Gasteiger partial charge >= 0.3 is 0 Å². The molecule has 3 rings (SSSR count). The molecule has 0 saturated carbocycles. The molecule has 0 saturated heterocycles. The van der Waals surface area contributed by atoms with Crippen molar-refractivity contribution in [3.05, 3.63) is 48.0 Å². The van der Waals surface area contributed by atoms with Gasteiger partial charge in [-0.25, -0.2) is 0 Å². The number of carbonyl (C=O) groups is 2. The smallest absolute Gasteiger partial charge is 0.262 e. The Morgan fingerprint density at radius 2 is 1.92 bits per heavy atom. The van der Waals surface area contributed by atoms with Crippen LogP contribution in [0.3, 0.4) is 0 Å². The van der Waals surface area contributed by atoms with E-state index < -0.39 is 0 Å². The third kappa shape index (κ3) is 4.05. The zero-order valence-corrected chi connectivity index (χ0v) is 14.7. The van der Waals surface area contributed by atoms with E-state index in [9.17, 15) is 9.59 Å². The lowest BCUT2D eigenvalue weighted by atomic mass is 10.1. The molecule has 26 heavy (non-hydrogen) atoms. The normalized spacial score (nSPS) is 12.5. The average molecular weight is 356 g/mol. The zero-order chi connectivity index (χ0) is 18.5. The first-order chi connectivity index (χ1) is 12.6. The molecule has 1 heterocycles. The van der Waals surface area contributed by atoms with Crippen LogP contribution in [0.15, 0.2) is 42.5 Å². The average Bonchev–Trinajstić information content (AvgIpc) is 2.67. The largest absolute Gasteiger partial charge is 0.497 e. The molecule has 136 valence electrons. The van der Waals surface area contributed by atoms with Crippen molar-refractivity contribution in [1.29, 1.82) is 0 Å². The fraction of sp³-hybridized carbons (Fsp3) is 0.263. The molecule has 0 radical (unpaired) electrons. The van der Waals surface area contributed by atoms with E-state index in [-0.39, 0.29) is 18.4 Å². The van der Waals surface area contributed by atoms with Crippen LogP contribution in [-0.2, 0) is 4.79 Å². The zero-order valence-electron chi connectivity index (χ0n) is 14.7. The van der Waals surface area contributed by atoms with E-state index in [0.717, 1.165) is 5.75 Å². The molecule has 1 N–H and O–H groups in total. The van der Waals surface area contributed by atoms with Crippen molar-refractivity contribution in [1.82, 2.24) is 4.90 Å². The van der Waals surface area contributed by atoms with Crippen LogP contribution in [0.2, 0.25) is 0 Å². The lowest BCUT2D eigenvalue weighted by molar-refractivity contribution is -0.118. The minimum Gasteiger partial charge on any atom is -0.497 e. The van der Waals surface area contributed by atoms with Gasteiger partial charge < -0.3 is 24.4 Å². The molecule has 2 aromatic carbocycles. The van der Waals surface area contributed by atoms with Crippen LogP contribution in [0.25, 0.3) is 0 Å². The second kappa shape index (κ2) is 7.77. The predicted octanol–water partition coefficient (Wildman–Crippen LogP) is 2.18. The number of nitrogens with one attached hydrogen (secondary N) is 1. The van der Waals surface area contributed by atoms with Gasteiger partial charge in [-0.05, 0) is 42.5 Å². The third-order valence-corrected chi connectivity index (χ3v) is 3.96. The summed E-state index contributed by atoms with van der Waals surface area (Å²) >= 11 is 0. The van der Waals surface area contributed by atoms with E-state index in [0.29, 0.717) is 35.9 Å². The number of anilines is 1. The Kier molecular flexibility index (Phi) is 5.26. The Bertz CT molecular complexity index is 804. The first kappa shape index (κ1) is 17.6. The Morgan fingerprint density at radius 1 is 1.19 bits per heavy atom. The summed E-state index contributed by atoms with van der Waals surface area (Å²) in [7, 11) is 3.32. The maximum atomic E-state index is 12.5. The van der Waals surface area contributed by atoms with Crippen molar-refractivity contribution in [2.45, 2.75) is 0 Å². The van der Waals surface area contributed by atoms with Gasteiger partial charge in [0.25, 0.3) is 11.8 Å². The number of methoxy groups -OCH3 is 1. The molecule has 1 aliphatic rings. The number of hydrogen-bond acceptors (Lipinski definition) is 5. The number of carbonyl (C=O) groups excluding carboxylic acids is 2. The molecule has 0 unspecified atom stereocenters. The van der Waals surface area contributed by atoms with Crippen molar-refractivity contribution in [2.75, 3.05) is 39.2 Å². The molecule has 2 aromatic rings.